The van der Waals surface area contributed by atoms with E-state index < -0.39 is 6.04 Å². The van der Waals surface area contributed by atoms with Crippen LogP contribution in [0.4, 0.5) is 0 Å². The van der Waals surface area contributed by atoms with E-state index in [1.807, 2.05) is 24.6 Å². The number of rotatable bonds is 3. The van der Waals surface area contributed by atoms with Gasteiger partial charge in [-0.15, -0.1) is 0 Å². The molecule has 1 aromatic heterocycles. The van der Waals surface area contributed by atoms with Crippen molar-refractivity contribution in [2.24, 2.45) is 5.92 Å². The molecular weight excluding hydrogens is 326 g/mol. The zero-order valence-corrected chi connectivity index (χ0v) is 14.9. The number of hydrogen-bond acceptors (Lipinski definition) is 4. The van der Waals surface area contributed by atoms with Crippen molar-refractivity contribution in [3.8, 4) is 0 Å². The fourth-order valence-electron chi connectivity index (χ4n) is 3.39. The van der Waals surface area contributed by atoms with E-state index in [2.05, 4.69) is 0 Å². The van der Waals surface area contributed by atoms with Gasteiger partial charge in [-0.25, -0.2) is 0 Å². The van der Waals surface area contributed by atoms with E-state index in [1.54, 1.807) is 20.8 Å². The molecule has 0 radical (unpaired) electrons. The van der Waals surface area contributed by atoms with Gasteiger partial charge in [-0.3, -0.25) is 14.4 Å². The molecule has 6 nitrogen and oxygen atoms in total. The zero-order valence-electron chi connectivity index (χ0n) is 14.1. The van der Waals surface area contributed by atoms with E-state index in [-0.39, 0.29) is 30.8 Å². The Hall–Kier alpha value is -1.89. The Bertz CT molecular complexity index is 629. The van der Waals surface area contributed by atoms with Crippen molar-refractivity contribution in [1.82, 2.24) is 14.7 Å². The van der Waals surface area contributed by atoms with Crippen molar-refractivity contribution in [2.45, 2.75) is 26.3 Å². The summed E-state index contributed by atoms with van der Waals surface area (Å²) in [5, 5.41) is 3.70. The number of fused-ring (bicyclic) bond motifs is 1. The smallest absolute Gasteiger partial charge is 0.254 e. The topological polar surface area (TPSA) is 60.9 Å². The molecule has 0 saturated carbocycles. The summed E-state index contributed by atoms with van der Waals surface area (Å²) in [7, 11) is 0. The summed E-state index contributed by atoms with van der Waals surface area (Å²) < 4.78 is 0. The summed E-state index contributed by atoms with van der Waals surface area (Å²) in [4.78, 5) is 43.0. The van der Waals surface area contributed by atoms with Gasteiger partial charge in [-0.2, -0.15) is 11.3 Å². The first-order valence-corrected chi connectivity index (χ1v) is 9.31. The molecule has 0 spiro atoms. The van der Waals surface area contributed by atoms with E-state index in [4.69, 9.17) is 0 Å². The fraction of sp³-hybridized carbons (Fsp3) is 0.588. The molecule has 1 unspecified atom stereocenters. The summed E-state index contributed by atoms with van der Waals surface area (Å²) in [6.07, 6.45) is 0.704. The van der Waals surface area contributed by atoms with Crippen LogP contribution in [0.15, 0.2) is 16.8 Å². The normalized spacial score (nSPS) is 22.0. The highest BCUT2D eigenvalue weighted by Gasteiger charge is 2.42. The second-order valence-electron chi connectivity index (χ2n) is 6.83. The number of amides is 3. The lowest BCUT2D eigenvalue weighted by Gasteiger charge is -2.40. The molecule has 2 aliphatic heterocycles. The van der Waals surface area contributed by atoms with Crippen LogP contribution < -0.4 is 0 Å². The molecule has 0 N–H and O–H groups in total. The maximum absolute atomic E-state index is 12.8. The molecule has 2 saturated heterocycles. The standard InChI is InChI=1S/C17H23N3O3S/c1-12(2)8-19-10-15(21)20-6-3-5-18(9-14(20)17(19)23)16(22)13-4-7-24-11-13/h4,7,11-12,14H,3,5-6,8-10H2,1-2H3. The van der Waals surface area contributed by atoms with Crippen LogP contribution in [0, 0.1) is 5.92 Å². The van der Waals surface area contributed by atoms with E-state index in [0.717, 1.165) is 0 Å². The summed E-state index contributed by atoms with van der Waals surface area (Å²) >= 11 is 1.48. The first-order valence-electron chi connectivity index (χ1n) is 8.37. The van der Waals surface area contributed by atoms with E-state index in [9.17, 15) is 14.4 Å². The van der Waals surface area contributed by atoms with Gasteiger partial charge in [0.2, 0.25) is 11.8 Å². The first-order chi connectivity index (χ1) is 11.5. The van der Waals surface area contributed by atoms with Gasteiger partial charge in [0.15, 0.2) is 0 Å². The molecule has 0 aliphatic carbocycles. The Morgan fingerprint density at radius 3 is 2.79 bits per heavy atom. The Labute approximate surface area is 146 Å². The monoisotopic (exact) mass is 349 g/mol. The average Bonchev–Trinajstić information content (AvgIpc) is 2.96. The molecule has 1 aromatic rings. The van der Waals surface area contributed by atoms with Gasteiger partial charge in [-0.05, 0) is 23.8 Å². The van der Waals surface area contributed by atoms with Crippen LogP contribution in [-0.4, -0.2) is 71.2 Å². The fourth-order valence-corrected chi connectivity index (χ4v) is 4.02. The van der Waals surface area contributed by atoms with Crippen LogP contribution in [0.25, 0.3) is 0 Å². The van der Waals surface area contributed by atoms with Crippen molar-refractivity contribution < 1.29 is 14.4 Å². The molecule has 2 fully saturated rings. The predicted octanol–water partition coefficient (Wildman–Crippen LogP) is 1.29. The maximum atomic E-state index is 12.8. The number of carbonyl (C=O) groups excluding carboxylic acids is 3. The lowest BCUT2D eigenvalue weighted by molar-refractivity contribution is -0.156. The third-order valence-corrected chi connectivity index (χ3v) is 5.16. The molecule has 130 valence electrons. The highest BCUT2D eigenvalue weighted by molar-refractivity contribution is 7.08. The van der Waals surface area contributed by atoms with Crippen molar-refractivity contribution in [1.29, 1.82) is 0 Å². The number of carbonyl (C=O) groups is 3. The summed E-state index contributed by atoms with van der Waals surface area (Å²) in [6, 6.07) is 1.25. The third kappa shape index (κ3) is 3.31. The van der Waals surface area contributed by atoms with Gasteiger partial charge in [-0.1, -0.05) is 13.8 Å². The Kier molecular flexibility index (Phi) is 4.89. The SMILES string of the molecule is CC(C)CN1CC(=O)N2CCCN(C(=O)c3ccsc3)CC2C1=O. The van der Waals surface area contributed by atoms with Gasteiger partial charge < -0.3 is 14.7 Å². The van der Waals surface area contributed by atoms with Gasteiger partial charge >= 0.3 is 0 Å². The number of piperazine rings is 1. The van der Waals surface area contributed by atoms with Gasteiger partial charge in [0.1, 0.15) is 6.04 Å². The number of nitrogens with zero attached hydrogens (tertiary/aromatic N) is 3. The third-order valence-electron chi connectivity index (χ3n) is 4.48. The molecule has 3 heterocycles. The Balaban J connectivity index is 1.79. The van der Waals surface area contributed by atoms with E-state index in [0.29, 0.717) is 37.5 Å². The first kappa shape index (κ1) is 17.0. The molecule has 2 aliphatic rings. The van der Waals surface area contributed by atoms with Gasteiger partial charge in [0.05, 0.1) is 18.7 Å². The number of hydrogen-bond donors (Lipinski definition) is 0. The van der Waals surface area contributed by atoms with Crippen LogP contribution in [0.1, 0.15) is 30.6 Å². The Morgan fingerprint density at radius 2 is 2.12 bits per heavy atom. The molecule has 3 amide bonds. The van der Waals surface area contributed by atoms with E-state index in [1.165, 1.54) is 11.3 Å². The van der Waals surface area contributed by atoms with Crippen LogP contribution in [-0.2, 0) is 9.59 Å². The van der Waals surface area contributed by atoms with Gasteiger partial charge in [0, 0.05) is 25.0 Å². The molecule has 0 aromatic carbocycles. The molecular formula is C17H23N3O3S. The minimum absolute atomic E-state index is 0.00918. The highest BCUT2D eigenvalue weighted by atomic mass is 32.1. The minimum Gasteiger partial charge on any atom is -0.336 e. The van der Waals surface area contributed by atoms with Gasteiger partial charge in [0.25, 0.3) is 5.91 Å². The second-order valence-corrected chi connectivity index (χ2v) is 7.61. The Morgan fingerprint density at radius 1 is 1.33 bits per heavy atom. The summed E-state index contributed by atoms with van der Waals surface area (Å²) in [5.41, 5.74) is 0.655. The zero-order chi connectivity index (χ0) is 17.3. The van der Waals surface area contributed by atoms with Crippen LogP contribution in [0.5, 0.6) is 0 Å². The molecule has 7 heteroatoms. The molecule has 3 rings (SSSR count). The molecule has 1 atom stereocenters. The molecule has 24 heavy (non-hydrogen) atoms. The van der Waals surface area contributed by atoms with E-state index >= 15 is 0 Å². The van der Waals surface area contributed by atoms with Crippen molar-refractivity contribution in [2.75, 3.05) is 32.7 Å². The highest BCUT2D eigenvalue weighted by Crippen LogP contribution is 2.21. The van der Waals surface area contributed by atoms with Crippen LogP contribution >= 0.6 is 11.3 Å². The van der Waals surface area contributed by atoms with Crippen molar-refractivity contribution >= 4 is 29.1 Å². The maximum Gasteiger partial charge on any atom is 0.254 e. The lowest BCUT2D eigenvalue weighted by Crippen LogP contribution is -2.62. The van der Waals surface area contributed by atoms with Crippen LogP contribution in [0.3, 0.4) is 0 Å². The predicted molar refractivity (Wildman–Crippen MR) is 91.8 cm³/mol. The number of thiophene rings is 1. The van der Waals surface area contributed by atoms with Crippen molar-refractivity contribution in [3.05, 3.63) is 22.4 Å². The quantitative estimate of drug-likeness (QED) is 0.826. The lowest BCUT2D eigenvalue weighted by atomic mass is 10.1. The largest absolute Gasteiger partial charge is 0.336 e. The minimum atomic E-state index is -0.546. The average molecular weight is 349 g/mol. The molecule has 0 bridgehead atoms. The second kappa shape index (κ2) is 6.93. The van der Waals surface area contributed by atoms with Crippen LogP contribution in [0.2, 0.25) is 0 Å². The van der Waals surface area contributed by atoms with Crippen molar-refractivity contribution in [3.63, 3.8) is 0 Å². The summed E-state index contributed by atoms with van der Waals surface area (Å²) in [6.45, 7) is 6.20. The summed E-state index contributed by atoms with van der Waals surface area (Å²) in [5.74, 6) is 0.209.